The van der Waals surface area contributed by atoms with E-state index in [-0.39, 0.29) is 16.6 Å². The van der Waals surface area contributed by atoms with Crippen molar-refractivity contribution < 1.29 is 8.42 Å². The number of aryl methyl sites for hydroxylation is 3. The molecule has 1 unspecified atom stereocenters. The number of imidazole rings is 1. The van der Waals surface area contributed by atoms with Gasteiger partial charge in [-0.25, -0.2) is 22.9 Å². The molecule has 2 aromatic rings. The molecule has 0 aliphatic carbocycles. The molecule has 1 aliphatic heterocycles. The third-order valence-corrected chi connectivity index (χ3v) is 6.53. The molecule has 0 spiro atoms. The van der Waals surface area contributed by atoms with Crippen LogP contribution in [0.15, 0.2) is 16.0 Å². The van der Waals surface area contributed by atoms with Gasteiger partial charge in [-0.3, -0.25) is 4.57 Å². The van der Waals surface area contributed by atoms with Crippen LogP contribution in [0.1, 0.15) is 37.3 Å². The Kier molecular flexibility index (Phi) is 4.58. The molecule has 25 heavy (non-hydrogen) atoms. The number of rotatable bonds is 4. The highest BCUT2D eigenvalue weighted by atomic mass is 32.2. The fourth-order valence-corrected chi connectivity index (χ4v) is 4.83. The lowest BCUT2D eigenvalue weighted by atomic mass is 9.99. The molecule has 0 saturated carbocycles. The number of nitrogens with zero attached hydrogens (tertiary/aromatic N) is 6. The molecule has 0 bridgehead atoms. The van der Waals surface area contributed by atoms with E-state index in [2.05, 4.69) is 10.1 Å². The van der Waals surface area contributed by atoms with Gasteiger partial charge in [0.05, 0.1) is 0 Å². The van der Waals surface area contributed by atoms with Gasteiger partial charge in [-0.2, -0.15) is 9.40 Å². The fraction of sp³-hybridized carbons (Fsp3) is 0.667. The van der Waals surface area contributed by atoms with Gasteiger partial charge in [0.1, 0.15) is 11.6 Å². The van der Waals surface area contributed by atoms with Crippen molar-refractivity contribution in [1.29, 1.82) is 0 Å². The highest BCUT2D eigenvalue weighted by Crippen LogP contribution is 2.28. The number of piperidine rings is 1. The molecule has 3 heterocycles. The lowest BCUT2D eigenvalue weighted by Crippen LogP contribution is -2.40. The molecule has 1 atom stereocenters. The lowest BCUT2D eigenvalue weighted by molar-refractivity contribution is 0.303. The summed E-state index contributed by atoms with van der Waals surface area (Å²) >= 11 is 0. The van der Waals surface area contributed by atoms with Gasteiger partial charge < -0.3 is 4.57 Å². The first-order valence-electron chi connectivity index (χ1n) is 8.39. The Morgan fingerprint density at radius 2 is 2.04 bits per heavy atom. The van der Waals surface area contributed by atoms with Crippen molar-refractivity contribution in [2.45, 2.75) is 44.2 Å². The number of hydrogen-bond acceptors (Lipinski definition) is 5. The Labute approximate surface area is 146 Å². The smallest absolute Gasteiger partial charge is 0.337 e. The molecule has 0 aromatic carbocycles. The first-order valence-corrected chi connectivity index (χ1v) is 9.83. The number of sulfonamides is 1. The molecule has 1 aliphatic rings. The topological polar surface area (TPSA) is 95.0 Å². The second-order valence-corrected chi connectivity index (χ2v) is 8.33. The Bertz CT molecular complexity index is 920. The summed E-state index contributed by atoms with van der Waals surface area (Å²) in [4.78, 5) is 16.3. The minimum absolute atomic E-state index is 0.0713. The number of aromatic nitrogens is 5. The van der Waals surface area contributed by atoms with Crippen LogP contribution in [0.4, 0.5) is 0 Å². The molecule has 9 nitrogen and oxygen atoms in total. The summed E-state index contributed by atoms with van der Waals surface area (Å²) in [6.45, 7) is 4.95. The Balaban J connectivity index is 1.91. The molecule has 3 rings (SSSR count). The summed E-state index contributed by atoms with van der Waals surface area (Å²) < 4.78 is 31.9. The van der Waals surface area contributed by atoms with Crippen LogP contribution in [0.2, 0.25) is 0 Å². The Morgan fingerprint density at radius 1 is 1.32 bits per heavy atom. The van der Waals surface area contributed by atoms with Crippen LogP contribution in [-0.2, 0) is 30.7 Å². The summed E-state index contributed by atoms with van der Waals surface area (Å²) in [6.07, 6.45) is 3.07. The van der Waals surface area contributed by atoms with E-state index >= 15 is 0 Å². The molecule has 1 fully saturated rings. The predicted molar refractivity (Wildman–Crippen MR) is 91.8 cm³/mol. The van der Waals surface area contributed by atoms with Crippen molar-refractivity contribution in [3.63, 3.8) is 0 Å². The quantitative estimate of drug-likeness (QED) is 0.769. The van der Waals surface area contributed by atoms with Gasteiger partial charge >= 0.3 is 5.69 Å². The van der Waals surface area contributed by atoms with Crippen molar-refractivity contribution >= 4 is 10.0 Å². The van der Waals surface area contributed by atoms with Crippen molar-refractivity contribution in [2.75, 3.05) is 13.1 Å². The summed E-state index contributed by atoms with van der Waals surface area (Å²) in [7, 11) is -0.259. The van der Waals surface area contributed by atoms with Crippen molar-refractivity contribution in [2.24, 2.45) is 14.1 Å². The summed E-state index contributed by atoms with van der Waals surface area (Å²) in [6, 6.07) is 0. The molecule has 10 heteroatoms. The SMILES string of the molecule is CCn1c(C2CCCN(S(=O)(=O)c3cn(C)c(C)n3)C2)nn(C)c1=O. The van der Waals surface area contributed by atoms with Crippen LogP contribution < -0.4 is 5.69 Å². The fourth-order valence-electron chi connectivity index (χ4n) is 3.28. The van der Waals surface area contributed by atoms with Gasteiger partial charge in [0.2, 0.25) is 0 Å². The first kappa shape index (κ1) is 17.9. The molecule has 0 amide bonds. The maximum absolute atomic E-state index is 12.9. The van der Waals surface area contributed by atoms with Crippen LogP contribution in [-0.4, -0.2) is 49.7 Å². The highest BCUT2D eigenvalue weighted by Gasteiger charge is 2.34. The van der Waals surface area contributed by atoms with E-state index < -0.39 is 10.0 Å². The van der Waals surface area contributed by atoms with E-state index in [0.29, 0.717) is 31.3 Å². The minimum Gasteiger partial charge on any atom is -0.337 e. The van der Waals surface area contributed by atoms with Gasteiger partial charge in [-0.1, -0.05) is 0 Å². The van der Waals surface area contributed by atoms with E-state index in [4.69, 9.17) is 0 Å². The highest BCUT2D eigenvalue weighted by molar-refractivity contribution is 7.89. The third kappa shape index (κ3) is 3.04. The van der Waals surface area contributed by atoms with E-state index in [9.17, 15) is 13.2 Å². The van der Waals surface area contributed by atoms with E-state index in [1.54, 1.807) is 30.2 Å². The second kappa shape index (κ2) is 6.41. The molecular formula is C15H24N6O3S. The maximum Gasteiger partial charge on any atom is 0.345 e. The molecule has 1 saturated heterocycles. The van der Waals surface area contributed by atoms with Crippen molar-refractivity contribution in [3.8, 4) is 0 Å². The van der Waals surface area contributed by atoms with Gasteiger partial charge in [0.15, 0.2) is 5.03 Å². The molecule has 2 aromatic heterocycles. The monoisotopic (exact) mass is 368 g/mol. The standard InChI is InChI=1S/C15H24N6O3S/c1-5-21-14(17-19(4)15(21)22)12-7-6-8-20(9-12)25(23,24)13-10-18(3)11(2)16-13/h10,12H,5-9H2,1-4H3. The molecule has 0 N–H and O–H groups in total. The summed E-state index contributed by atoms with van der Waals surface area (Å²) in [5.74, 6) is 1.21. The van der Waals surface area contributed by atoms with Gasteiger partial charge in [0.25, 0.3) is 10.0 Å². The van der Waals surface area contributed by atoms with Gasteiger partial charge in [-0.05, 0) is 26.7 Å². The zero-order valence-corrected chi connectivity index (χ0v) is 15.8. The van der Waals surface area contributed by atoms with Gasteiger partial charge in [0, 0.05) is 45.8 Å². The number of hydrogen-bond donors (Lipinski definition) is 0. The third-order valence-electron chi connectivity index (χ3n) is 4.79. The van der Waals surface area contributed by atoms with Crippen LogP contribution in [0.3, 0.4) is 0 Å². The van der Waals surface area contributed by atoms with E-state index in [1.165, 1.54) is 15.2 Å². The van der Waals surface area contributed by atoms with Crippen LogP contribution in [0.25, 0.3) is 0 Å². The lowest BCUT2D eigenvalue weighted by Gasteiger charge is -2.30. The average molecular weight is 368 g/mol. The zero-order valence-electron chi connectivity index (χ0n) is 15.0. The van der Waals surface area contributed by atoms with Crippen LogP contribution in [0.5, 0.6) is 0 Å². The van der Waals surface area contributed by atoms with Crippen molar-refractivity contribution in [3.05, 3.63) is 28.3 Å². The Morgan fingerprint density at radius 3 is 2.64 bits per heavy atom. The molecule has 138 valence electrons. The van der Waals surface area contributed by atoms with Crippen LogP contribution in [0, 0.1) is 6.92 Å². The van der Waals surface area contributed by atoms with Crippen LogP contribution >= 0.6 is 0 Å². The van der Waals surface area contributed by atoms with Gasteiger partial charge in [-0.15, -0.1) is 0 Å². The first-order chi connectivity index (χ1) is 11.8. The molecular weight excluding hydrogens is 344 g/mol. The predicted octanol–water partition coefficient (Wildman–Crippen LogP) is 0.212. The minimum atomic E-state index is -3.65. The summed E-state index contributed by atoms with van der Waals surface area (Å²) in [5.41, 5.74) is -0.169. The molecule has 0 radical (unpaired) electrons. The maximum atomic E-state index is 12.9. The summed E-state index contributed by atoms with van der Waals surface area (Å²) in [5, 5.41) is 4.41. The van der Waals surface area contributed by atoms with E-state index in [1.807, 2.05) is 6.92 Å². The Hall–Kier alpha value is -1.94. The normalized spacial score (nSPS) is 19.4. The zero-order chi connectivity index (χ0) is 18.4. The van der Waals surface area contributed by atoms with E-state index in [0.717, 1.165) is 12.8 Å². The average Bonchev–Trinajstić information content (AvgIpc) is 3.08. The second-order valence-electron chi connectivity index (χ2n) is 6.45. The van der Waals surface area contributed by atoms with Crippen molar-refractivity contribution in [1.82, 2.24) is 28.2 Å². The largest absolute Gasteiger partial charge is 0.345 e.